The van der Waals surface area contributed by atoms with Crippen LogP contribution >= 0.6 is 39.1 Å². The minimum Gasteiger partial charge on any atom is -0.369 e. The van der Waals surface area contributed by atoms with E-state index in [4.69, 9.17) is 28.9 Å². The van der Waals surface area contributed by atoms with Gasteiger partial charge in [-0.2, -0.15) is 4.98 Å². The first-order chi connectivity index (χ1) is 15.8. The highest BCUT2D eigenvalue weighted by Crippen LogP contribution is 2.23. The van der Waals surface area contributed by atoms with E-state index in [1.165, 1.54) is 0 Å². The van der Waals surface area contributed by atoms with Crippen LogP contribution in [-0.4, -0.2) is 34.9 Å². The zero-order valence-corrected chi connectivity index (χ0v) is 20.5. The maximum atomic E-state index is 12.1. The molecule has 172 valence electrons. The molecule has 2 aromatic carbocycles. The number of aromatic nitrogens is 2. The number of primary amides is 1. The molecule has 0 atom stereocenters. The Hall–Kier alpha value is -2.88. The number of benzene rings is 2. The van der Waals surface area contributed by atoms with Crippen LogP contribution in [0.3, 0.4) is 0 Å². The number of amides is 2. The maximum absolute atomic E-state index is 12.1. The van der Waals surface area contributed by atoms with Gasteiger partial charge < -0.3 is 21.7 Å². The normalized spacial score (nSPS) is 10.5. The van der Waals surface area contributed by atoms with E-state index in [1.807, 2.05) is 0 Å². The molecule has 5 N–H and O–H groups in total. The lowest BCUT2D eigenvalue weighted by Gasteiger charge is -2.11. The fraction of sp³-hybridized carbons (Fsp3) is 0.182. The molecule has 0 saturated carbocycles. The van der Waals surface area contributed by atoms with E-state index in [2.05, 4.69) is 41.8 Å². The number of nitrogens with two attached hydrogens (primary N) is 1. The molecule has 0 spiro atoms. The second-order valence-corrected chi connectivity index (χ2v) is 8.70. The Morgan fingerprint density at radius 1 is 1.09 bits per heavy atom. The minimum atomic E-state index is -0.513. The average Bonchev–Trinajstić information content (AvgIpc) is 2.77. The molecule has 2 amide bonds. The van der Waals surface area contributed by atoms with E-state index >= 15 is 0 Å². The molecule has 11 heteroatoms. The monoisotopic (exact) mass is 550 g/mol. The maximum Gasteiger partial charge on any atom is 0.248 e. The Labute approximate surface area is 209 Å². The van der Waals surface area contributed by atoms with Gasteiger partial charge in [-0.1, -0.05) is 35.3 Å². The number of nitrogens with zero attached hydrogens (tertiary/aromatic N) is 2. The van der Waals surface area contributed by atoms with E-state index in [0.717, 1.165) is 5.56 Å². The van der Waals surface area contributed by atoms with Crippen LogP contribution in [0.2, 0.25) is 10.0 Å². The molecule has 0 aliphatic rings. The summed E-state index contributed by atoms with van der Waals surface area (Å²) in [6.07, 6.45) is 2.49. The Balaban J connectivity index is 1.47. The lowest BCUT2D eigenvalue weighted by Crippen LogP contribution is -2.27. The van der Waals surface area contributed by atoms with E-state index in [9.17, 15) is 9.59 Å². The number of carbonyl (C=O) groups is 2. The standard InChI is InChI=1S/C22H21BrCl2N6O2/c23-17-12-29-22(30-16-4-1-3-14(9-16)20(26)33)31-21(17)28-8-2-7-27-19(32)10-13-5-6-15(24)11-18(13)25/h1,3-6,9,11-12H,2,7-8,10H2,(H2,26,33)(H,27,32)(H2,28,29,30,31). The van der Waals surface area contributed by atoms with Crippen LogP contribution < -0.4 is 21.7 Å². The van der Waals surface area contributed by atoms with Gasteiger partial charge >= 0.3 is 0 Å². The summed E-state index contributed by atoms with van der Waals surface area (Å²) in [5.74, 6) is 0.321. The number of anilines is 3. The van der Waals surface area contributed by atoms with Gasteiger partial charge in [0.15, 0.2) is 0 Å². The summed E-state index contributed by atoms with van der Waals surface area (Å²) in [5, 5.41) is 10.1. The third kappa shape index (κ3) is 7.59. The third-order valence-electron chi connectivity index (χ3n) is 4.48. The summed E-state index contributed by atoms with van der Waals surface area (Å²) in [4.78, 5) is 32.1. The zero-order chi connectivity index (χ0) is 23.8. The highest BCUT2D eigenvalue weighted by atomic mass is 79.9. The summed E-state index contributed by atoms with van der Waals surface area (Å²) in [7, 11) is 0. The van der Waals surface area contributed by atoms with Crippen LogP contribution in [0.15, 0.2) is 53.1 Å². The molecule has 0 unspecified atom stereocenters. The molecule has 0 radical (unpaired) electrons. The topological polar surface area (TPSA) is 122 Å². The average molecular weight is 552 g/mol. The van der Waals surface area contributed by atoms with E-state index in [1.54, 1.807) is 48.7 Å². The third-order valence-corrected chi connectivity index (χ3v) is 5.65. The van der Waals surface area contributed by atoms with Gasteiger partial charge in [0.25, 0.3) is 0 Å². The van der Waals surface area contributed by atoms with Gasteiger partial charge in [-0.15, -0.1) is 0 Å². The molecule has 33 heavy (non-hydrogen) atoms. The molecule has 1 heterocycles. The lowest BCUT2D eigenvalue weighted by molar-refractivity contribution is -0.120. The molecular weight excluding hydrogens is 531 g/mol. The highest BCUT2D eigenvalue weighted by molar-refractivity contribution is 9.10. The van der Waals surface area contributed by atoms with Gasteiger partial charge in [-0.3, -0.25) is 9.59 Å². The van der Waals surface area contributed by atoms with Gasteiger partial charge in [0.05, 0.1) is 10.9 Å². The molecule has 0 saturated heterocycles. The van der Waals surface area contributed by atoms with Crippen LogP contribution in [0.1, 0.15) is 22.3 Å². The summed E-state index contributed by atoms with van der Waals surface area (Å²) < 4.78 is 0.695. The van der Waals surface area contributed by atoms with Gasteiger partial charge in [0.1, 0.15) is 5.82 Å². The number of hydrogen-bond donors (Lipinski definition) is 4. The molecule has 0 bridgehead atoms. The fourth-order valence-corrected chi connectivity index (χ4v) is 3.66. The first-order valence-electron chi connectivity index (χ1n) is 9.96. The van der Waals surface area contributed by atoms with Crippen molar-refractivity contribution in [2.24, 2.45) is 5.73 Å². The van der Waals surface area contributed by atoms with Gasteiger partial charge in [-0.25, -0.2) is 4.98 Å². The quantitative estimate of drug-likeness (QED) is 0.274. The van der Waals surface area contributed by atoms with Crippen molar-refractivity contribution < 1.29 is 9.59 Å². The molecule has 0 aliphatic heterocycles. The van der Waals surface area contributed by atoms with Gasteiger partial charge in [0.2, 0.25) is 17.8 Å². The van der Waals surface area contributed by atoms with Crippen LogP contribution in [0.5, 0.6) is 0 Å². The number of rotatable bonds is 10. The Morgan fingerprint density at radius 3 is 2.67 bits per heavy atom. The number of carbonyl (C=O) groups excluding carboxylic acids is 2. The second-order valence-electron chi connectivity index (χ2n) is 7.00. The Morgan fingerprint density at radius 2 is 1.91 bits per heavy atom. The number of hydrogen-bond acceptors (Lipinski definition) is 6. The fourth-order valence-electron chi connectivity index (χ4n) is 2.85. The van der Waals surface area contributed by atoms with Crippen LogP contribution in [0.4, 0.5) is 17.5 Å². The number of nitrogens with one attached hydrogen (secondary N) is 3. The van der Waals surface area contributed by atoms with Crippen molar-refractivity contribution in [3.8, 4) is 0 Å². The molecule has 0 fully saturated rings. The van der Waals surface area contributed by atoms with E-state index < -0.39 is 5.91 Å². The first-order valence-corrected chi connectivity index (χ1v) is 11.5. The largest absolute Gasteiger partial charge is 0.369 e. The molecule has 8 nitrogen and oxygen atoms in total. The van der Waals surface area contributed by atoms with Crippen LogP contribution in [0.25, 0.3) is 0 Å². The van der Waals surface area contributed by atoms with Crippen molar-refractivity contribution in [2.45, 2.75) is 12.8 Å². The first kappa shape index (κ1) is 24.8. The minimum absolute atomic E-state index is 0.118. The SMILES string of the molecule is NC(=O)c1cccc(Nc2ncc(Br)c(NCCCNC(=O)Cc3ccc(Cl)cc3Cl)n2)c1. The Kier molecular flexibility index (Phi) is 8.87. The van der Waals surface area contributed by atoms with E-state index in [0.29, 0.717) is 57.0 Å². The van der Waals surface area contributed by atoms with Crippen molar-refractivity contribution in [3.05, 3.63) is 74.3 Å². The zero-order valence-electron chi connectivity index (χ0n) is 17.4. The molecular formula is C22H21BrCl2N6O2. The van der Waals surface area contributed by atoms with E-state index in [-0.39, 0.29) is 12.3 Å². The van der Waals surface area contributed by atoms with Crippen LogP contribution in [0, 0.1) is 0 Å². The smallest absolute Gasteiger partial charge is 0.248 e. The summed E-state index contributed by atoms with van der Waals surface area (Å²) in [6, 6.07) is 11.8. The predicted molar refractivity (Wildman–Crippen MR) is 134 cm³/mol. The summed E-state index contributed by atoms with van der Waals surface area (Å²) >= 11 is 15.4. The molecule has 1 aromatic heterocycles. The predicted octanol–water partition coefficient (Wildman–Crippen LogP) is 4.55. The van der Waals surface area contributed by atoms with Crippen molar-refractivity contribution in [2.75, 3.05) is 23.7 Å². The van der Waals surface area contributed by atoms with Crippen molar-refractivity contribution in [1.82, 2.24) is 15.3 Å². The molecule has 3 aromatic rings. The highest BCUT2D eigenvalue weighted by Gasteiger charge is 2.09. The lowest BCUT2D eigenvalue weighted by atomic mass is 10.1. The van der Waals surface area contributed by atoms with Gasteiger partial charge in [-0.05, 0) is 58.2 Å². The van der Waals surface area contributed by atoms with Crippen molar-refractivity contribution in [1.29, 1.82) is 0 Å². The molecule has 3 rings (SSSR count). The second kappa shape index (κ2) is 11.8. The summed E-state index contributed by atoms with van der Waals surface area (Å²) in [6.45, 7) is 1.07. The number of halogens is 3. The van der Waals surface area contributed by atoms with Crippen molar-refractivity contribution in [3.63, 3.8) is 0 Å². The van der Waals surface area contributed by atoms with Crippen molar-refractivity contribution >= 4 is 68.4 Å². The van der Waals surface area contributed by atoms with Gasteiger partial charge in [0, 0.05) is 40.6 Å². The Bertz CT molecular complexity index is 1160. The molecule has 0 aliphatic carbocycles. The van der Waals surface area contributed by atoms with Crippen LogP contribution in [-0.2, 0) is 11.2 Å². The summed E-state index contributed by atoms with van der Waals surface area (Å²) in [5.41, 5.74) is 7.07.